The van der Waals surface area contributed by atoms with Crippen LogP contribution in [-0.2, 0) is 13.6 Å². The number of halogens is 1. The average molecular weight is 404 g/mol. The van der Waals surface area contributed by atoms with Gasteiger partial charge in [-0.05, 0) is 28.1 Å². The first kappa shape index (κ1) is 17.0. The minimum atomic E-state index is -0.550. The van der Waals surface area contributed by atoms with Gasteiger partial charge < -0.3 is 15.0 Å². The molecule has 0 radical (unpaired) electrons. The molecule has 0 fully saturated rings. The van der Waals surface area contributed by atoms with Crippen LogP contribution in [0, 0.1) is 10.1 Å². The monoisotopic (exact) mass is 403 g/mol. The third-order valence-electron chi connectivity index (χ3n) is 3.97. The first-order chi connectivity index (χ1) is 11.9. The number of nitro groups is 1. The second kappa shape index (κ2) is 6.56. The number of para-hydroxylation sites is 1. The van der Waals surface area contributed by atoms with Crippen LogP contribution >= 0.6 is 15.9 Å². The first-order valence-corrected chi connectivity index (χ1v) is 8.17. The number of rotatable bonds is 4. The molecule has 0 atom stereocenters. The Hall–Kier alpha value is -2.87. The number of hydrogen-bond donors (Lipinski definition) is 2. The first-order valence-electron chi connectivity index (χ1n) is 7.37. The number of aromatic nitrogens is 1. The zero-order chi connectivity index (χ0) is 18.1. The molecule has 128 valence electrons. The van der Waals surface area contributed by atoms with Gasteiger partial charge in [0.15, 0.2) is 0 Å². The van der Waals surface area contributed by atoms with Crippen LogP contribution < -0.4 is 5.32 Å². The SMILES string of the molecule is Cn1c(C(=O)NCc2cc([N+](=O)[O-])ccc2O)c(Br)c2ccccc21. The number of aryl methyl sites for hydroxylation is 1. The van der Waals surface area contributed by atoms with Crippen LogP contribution in [0.2, 0.25) is 0 Å². The van der Waals surface area contributed by atoms with E-state index in [0.717, 1.165) is 10.9 Å². The van der Waals surface area contributed by atoms with Crippen LogP contribution in [0.1, 0.15) is 16.1 Å². The van der Waals surface area contributed by atoms with Crippen LogP contribution in [0.4, 0.5) is 5.69 Å². The zero-order valence-corrected chi connectivity index (χ0v) is 14.8. The van der Waals surface area contributed by atoms with E-state index in [1.165, 1.54) is 18.2 Å². The van der Waals surface area contributed by atoms with E-state index in [2.05, 4.69) is 21.2 Å². The van der Waals surface area contributed by atoms with Gasteiger partial charge in [-0.15, -0.1) is 0 Å². The third-order valence-corrected chi connectivity index (χ3v) is 4.78. The molecule has 1 aromatic heterocycles. The molecule has 1 heterocycles. The summed E-state index contributed by atoms with van der Waals surface area (Å²) in [6.45, 7) is -0.0275. The second-order valence-electron chi connectivity index (χ2n) is 5.49. The summed E-state index contributed by atoms with van der Waals surface area (Å²) in [5.41, 5.74) is 1.47. The van der Waals surface area contributed by atoms with Crippen molar-refractivity contribution < 1.29 is 14.8 Å². The lowest BCUT2D eigenvalue weighted by molar-refractivity contribution is -0.384. The standard InChI is InChI=1S/C17H14BrN3O4/c1-20-13-5-3-2-4-12(13)15(18)16(20)17(23)19-9-10-8-11(21(24)25)6-7-14(10)22/h2-8,22H,9H2,1H3,(H,19,23). The van der Waals surface area contributed by atoms with Gasteiger partial charge in [0, 0.05) is 42.2 Å². The lowest BCUT2D eigenvalue weighted by Crippen LogP contribution is -2.25. The van der Waals surface area contributed by atoms with Gasteiger partial charge in [-0.1, -0.05) is 18.2 Å². The van der Waals surface area contributed by atoms with Gasteiger partial charge in [-0.2, -0.15) is 0 Å². The maximum atomic E-state index is 12.6. The van der Waals surface area contributed by atoms with E-state index in [9.17, 15) is 20.0 Å². The number of benzene rings is 2. The second-order valence-corrected chi connectivity index (χ2v) is 6.28. The molecule has 2 aromatic carbocycles. The summed E-state index contributed by atoms with van der Waals surface area (Å²) in [5, 5.41) is 24.3. The normalized spacial score (nSPS) is 10.8. The van der Waals surface area contributed by atoms with Gasteiger partial charge in [0.2, 0.25) is 0 Å². The summed E-state index contributed by atoms with van der Waals surface area (Å²) in [4.78, 5) is 22.9. The van der Waals surface area contributed by atoms with Gasteiger partial charge in [0.1, 0.15) is 11.4 Å². The molecular formula is C17H14BrN3O4. The van der Waals surface area contributed by atoms with E-state index in [1.54, 1.807) is 11.6 Å². The van der Waals surface area contributed by atoms with E-state index in [4.69, 9.17) is 0 Å². The number of nitrogens with one attached hydrogen (secondary N) is 1. The Morgan fingerprint density at radius 3 is 2.72 bits per heavy atom. The predicted molar refractivity (Wildman–Crippen MR) is 96.6 cm³/mol. The van der Waals surface area contributed by atoms with Crippen molar-refractivity contribution in [3.63, 3.8) is 0 Å². The number of phenols is 1. The highest BCUT2D eigenvalue weighted by atomic mass is 79.9. The molecule has 0 aliphatic rings. The Morgan fingerprint density at radius 2 is 2.04 bits per heavy atom. The minimum Gasteiger partial charge on any atom is -0.508 e. The van der Waals surface area contributed by atoms with Crippen LogP contribution in [0.15, 0.2) is 46.9 Å². The summed E-state index contributed by atoms with van der Waals surface area (Å²) in [6, 6.07) is 11.3. The van der Waals surface area contributed by atoms with Gasteiger partial charge >= 0.3 is 0 Å². The summed E-state index contributed by atoms with van der Waals surface area (Å²) in [7, 11) is 1.78. The number of hydrogen-bond acceptors (Lipinski definition) is 4. The highest BCUT2D eigenvalue weighted by molar-refractivity contribution is 9.10. The molecule has 0 bridgehead atoms. The van der Waals surface area contributed by atoms with Crippen molar-refractivity contribution in [2.24, 2.45) is 7.05 Å². The summed E-state index contributed by atoms with van der Waals surface area (Å²) < 4.78 is 2.44. The molecule has 0 saturated heterocycles. The average Bonchev–Trinajstić information content (AvgIpc) is 2.85. The molecule has 0 aliphatic carbocycles. The maximum absolute atomic E-state index is 12.6. The van der Waals surface area contributed by atoms with Crippen molar-refractivity contribution in [1.29, 1.82) is 0 Å². The minimum absolute atomic E-state index is 0.0275. The van der Waals surface area contributed by atoms with Crippen molar-refractivity contribution in [1.82, 2.24) is 9.88 Å². The van der Waals surface area contributed by atoms with Crippen LogP contribution in [-0.4, -0.2) is 20.5 Å². The predicted octanol–water partition coefficient (Wildman–Crippen LogP) is 3.48. The fourth-order valence-electron chi connectivity index (χ4n) is 2.69. The van der Waals surface area contributed by atoms with E-state index in [-0.39, 0.29) is 29.5 Å². The molecule has 0 aliphatic heterocycles. The smallest absolute Gasteiger partial charge is 0.270 e. The molecule has 2 N–H and O–H groups in total. The fraction of sp³-hybridized carbons (Fsp3) is 0.118. The largest absolute Gasteiger partial charge is 0.508 e. The van der Waals surface area contributed by atoms with Gasteiger partial charge in [-0.3, -0.25) is 14.9 Å². The number of fused-ring (bicyclic) bond motifs is 1. The fourth-order valence-corrected chi connectivity index (χ4v) is 3.47. The van der Waals surface area contributed by atoms with Gasteiger partial charge in [0.25, 0.3) is 11.6 Å². The van der Waals surface area contributed by atoms with E-state index in [0.29, 0.717) is 10.2 Å². The Balaban J connectivity index is 1.87. The van der Waals surface area contributed by atoms with Crippen molar-refractivity contribution >= 4 is 38.4 Å². The van der Waals surface area contributed by atoms with Crippen LogP contribution in [0.25, 0.3) is 10.9 Å². The number of carbonyl (C=O) groups is 1. The Labute approximate surface area is 151 Å². The molecule has 0 spiro atoms. The van der Waals surface area contributed by atoms with Crippen LogP contribution in [0.5, 0.6) is 5.75 Å². The summed E-state index contributed by atoms with van der Waals surface area (Å²) in [6.07, 6.45) is 0. The zero-order valence-electron chi connectivity index (χ0n) is 13.2. The van der Waals surface area contributed by atoms with Crippen molar-refractivity contribution in [3.05, 3.63) is 68.3 Å². The summed E-state index contributed by atoms with van der Waals surface area (Å²) >= 11 is 3.45. The molecule has 8 heteroatoms. The number of non-ortho nitro benzene ring substituents is 1. The molecule has 0 unspecified atom stereocenters. The quantitative estimate of drug-likeness (QED) is 0.514. The number of phenolic OH excluding ortho intramolecular Hbond substituents is 1. The molecular weight excluding hydrogens is 390 g/mol. The molecule has 7 nitrogen and oxygen atoms in total. The Bertz CT molecular complexity index is 958. The highest BCUT2D eigenvalue weighted by Crippen LogP contribution is 2.30. The summed E-state index contributed by atoms with van der Waals surface area (Å²) in [5.74, 6) is -0.460. The van der Waals surface area contributed by atoms with Gasteiger partial charge in [0.05, 0.1) is 9.40 Å². The Morgan fingerprint density at radius 1 is 1.32 bits per heavy atom. The van der Waals surface area contributed by atoms with Crippen LogP contribution in [0.3, 0.4) is 0 Å². The number of aromatic hydroxyl groups is 1. The number of carbonyl (C=O) groups excluding carboxylic acids is 1. The Kier molecular flexibility index (Phi) is 4.45. The maximum Gasteiger partial charge on any atom is 0.270 e. The highest BCUT2D eigenvalue weighted by Gasteiger charge is 2.19. The van der Waals surface area contributed by atoms with Gasteiger partial charge in [-0.25, -0.2) is 0 Å². The van der Waals surface area contributed by atoms with E-state index >= 15 is 0 Å². The van der Waals surface area contributed by atoms with Crippen molar-refractivity contribution in [2.75, 3.05) is 0 Å². The molecule has 1 amide bonds. The molecule has 25 heavy (non-hydrogen) atoms. The van der Waals surface area contributed by atoms with Crippen molar-refractivity contribution in [2.45, 2.75) is 6.54 Å². The van der Waals surface area contributed by atoms with E-state index in [1.807, 2.05) is 24.3 Å². The number of nitrogens with zero attached hydrogens (tertiary/aromatic N) is 2. The molecule has 0 saturated carbocycles. The van der Waals surface area contributed by atoms with Crippen molar-refractivity contribution in [3.8, 4) is 5.75 Å². The lowest BCUT2D eigenvalue weighted by atomic mass is 10.1. The number of amides is 1. The molecule has 3 rings (SSSR count). The molecule has 3 aromatic rings. The van der Waals surface area contributed by atoms with E-state index < -0.39 is 4.92 Å². The number of nitro benzene ring substituents is 1. The topological polar surface area (TPSA) is 97.4 Å². The lowest BCUT2D eigenvalue weighted by Gasteiger charge is -2.09. The third kappa shape index (κ3) is 3.08.